The van der Waals surface area contributed by atoms with Crippen molar-refractivity contribution in [3.05, 3.63) is 29.9 Å². The largest absolute Gasteiger partial charge is 0.270 e. The molecule has 3 nitrogen and oxygen atoms in total. The second-order valence-corrected chi connectivity index (χ2v) is 3.64. The third-order valence-electron chi connectivity index (χ3n) is 2.02. The average molecular weight is 191 g/mol. The number of rotatable bonds is 2. The fourth-order valence-electron chi connectivity index (χ4n) is 1.19. The summed E-state index contributed by atoms with van der Waals surface area (Å²) < 4.78 is 1.77. The fourth-order valence-corrected chi connectivity index (χ4v) is 1.19. The quantitative estimate of drug-likeness (QED) is 0.703. The van der Waals surface area contributed by atoms with Gasteiger partial charge in [0.2, 0.25) is 0 Å². The van der Waals surface area contributed by atoms with Crippen molar-refractivity contribution in [2.75, 3.05) is 7.05 Å². The van der Waals surface area contributed by atoms with Crippen LogP contribution in [0.1, 0.15) is 32.4 Å². The molecule has 0 atom stereocenters. The van der Waals surface area contributed by atoms with Crippen molar-refractivity contribution >= 4 is 5.70 Å². The van der Waals surface area contributed by atoms with Crippen molar-refractivity contribution in [1.29, 1.82) is 0 Å². The molecule has 0 saturated carbocycles. The number of aromatic nitrogens is 2. The predicted octanol–water partition coefficient (Wildman–Crippen LogP) is 2.03. The molecule has 0 amide bonds. The van der Waals surface area contributed by atoms with Gasteiger partial charge >= 0.3 is 0 Å². The van der Waals surface area contributed by atoms with Gasteiger partial charge in [-0.3, -0.25) is 4.99 Å². The molecule has 3 heteroatoms. The van der Waals surface area contributed by atoms with Crippen LogP contribution in [0.15, 0.2) is 23.7 Å². The SMILES string of the molecule is C=C(C)n1nc(C(C)C)ccc1=NC. The highest BCUT2D eigenvalue weighted by Gasteiger charge is 2.02. The Balaban J connectivity index is 3.36. The van der Waals surface area contributed by atoms with E-state index in [1.54, 1.807) is 11.7 Å². The normalized spacial score (nSPS) is 12.2. The zero-order valence-electron chi connectivity index (χ0n) is 9.28. The first-order valence-corrected chi connectivity index (χ1v) is 4.75. The Morgan fingerprint density at radius 1 is 1.50 bits per heavy atom. The molecule has 0 unspecified atom stereocenters. The first-order chi connectivity index (χ1) is 6.56. The molecule has 0 saturated heterocycles. The molecule has 0 N–H and O–H groups in total. The summed E-state index contributed by atoms with van der Waals surface area (Å²) in [7, 11) is 1.76. The van der Waals surface area contributed by atoms with Crippen LogP contribution in [0, 0.1) is 0 Å². The molecular formula is C11H17N3. The molecule has 0 aliphatic carbocycles. The summed E-state index contributed by atoms with van der Waals surface area (Å²) in [5.41, 5.74) is 2.77. The monoisotopic (exact) mass is 191 g/mol. The highest BCUT2D eigenvalue weighted by atomic mass is 15.3. The van der Waals surface area contributed by atoms with Crippen LogP contribution in [-0.4, -0.2) is 16.8 Å². The van der Waals surface area contributed by atoms with E-state index in [9.17, 15) is 0 Å². The van der Waals surface area contributed by atoms with Gasteiger partial charge in [0.15, 0.2) is 0 Å². The van der Waals surface area contributed by atoms with Gasteiger partial charge in [-0.15, -0.1) is 0 Å². The van der Waals surface area contributed by atoms with Gasteiger partial charge < -0.3 is 0 Å². The van der Waals surface area contributed by atoms with Gasteiger partial charge in [0.1, 0.15) is 5.49 Å². The van der Waals surface area contributed by atoms with Crippen molar-refractivity contribution in [1.82, 2.24) is 9.78 Å². The van der Waals surface area contributed by atoms with Crippen molar-refractivity contribution in [2.24, 2.45) is 4.99 Å². The van der Waals surface area contributed by atoms with Gasteiger partial charge in [0.25, 0.3) is 0 Å². The van der Waals surface area contributed by atoms with Crippen molar-refractivity contribution < 1.29 is 0 Å². The van der Waals surface area contributed by atoms with Crippen LogP contribution in [-0.2, 0) is 0 Å². The van der Waals surface area contributed by atoms with Crippen LogP contribution >= 0.6 is 0 Å². The maximum absolute atomic E-state index is 4.47. The first-order valence-electron chi connectivity index (χ1n) is 4.75. The molecule has 1 aromatic heterocycles. The summed E-state index contributed by atoms with van der Waals surface area (Å²) in [4.78, 5) is 4.13. The maximum atomic E-state index is 4.47. The summed E-state index contributed by atoms with van der Waals surface area (Å²) in [5, 5.41) is 4.47. The van der Waals surface area contributed by atoms with Crippen molar-refractivity contribution in [2.45, 2.75) is 26.7 Å². The Labute approximate surface area is 84.8 Å². The van der Waals surface area contributed by atoms with E-state index in [0.29, 0.717) is 5.92 Å². The predicted molar refractivity (Wildman–Crippen MR) is 58.8 cm³/mol. The molecule has 1 heterocycles. The molecule has 0 aliphatic rings. The Morgan fingerprint density at radius 3 is 2.57 bits per heavy atom. The van der Waals surface area contributed by atoms with Crippen molar-refractivity contribution in [3.63, 3.8) is 0 Å². The Bertz CT molecular complexity index is 399. The Kier molecular flexibility index (Phi) is 3.23. The minimum Gasteiger partial charge on any atom is -0.270 e. The number of allylic oxidation sites excluding steroid dienone is 1. The maximum Gasteiger partial charge on any atom is 0.148 e. The van der Waals surface area contributed by atoms with E-state index in [1.165, 1.54) is 0 Å². The van der Waals surface area contributed by atoms with Crippen LogP contribution in [0.3, 0.4) is 0 Å². The van der Waals surface area contributed by atoms with Crippen LogP contribution in [0.4, 0.5) is 0 Å². The van der Waals surface area contributed by atoms with Gasteiger partial charge in [0, 0.05) is 12.7 Å². The Hall–Kier alpha value is -1.38. The molecular weight excluding hydrogens is 174 g/mol. The zero-order chi connectivity index (χ0) is 10.7. The molecule has 0 aliphatic heterocycles. The van der Waals surface area contributed by atoms with Gasteiger partial charge in [-0.2, -0.15) is 5.10 Å². The van der Waals surface area contributed by atoms with E-state index in [-0.39, 0.29) is 0 Å². The lowest BCUT2D eigenvalue weighted by atomic mass is 10.1. The minimum atomic E-state index is 0.423. The summed E-state index contributed by atoms with van der Waals surface area (Å²) in [6.07, 6.45) is 0. The summed E-state index contributed by atoms with van der Waals surface area (Å²) >= 11 is 0. The van der Waals surface area contributed by atoms with E-state index >= 15 is 0 Å². The van der Waals surface area contributed by atoms with E-state index in [2.05, 4.69) is 30.5 Å². The first kappa shape index (κ1) is 10.7. The van der Waals surface area contributed by atoms with Crippen molar-refractivity contribution in [3.8, 4) is 0 Å². The van der Waals surface area contributed by atoms with Crippen LogP contribution in [0.25, 0.3) is 5.70 Å². The molecule has 1 aromatic rings. The third-order valence-corrected chi connectivity index (χ3v) is 2.02. The molecule has 0 aromatic carbocycles. The number of hydrogen-bond donors (Lipinski definition) is 0. The zero-order valence-corrected chi connectivity index (χ0v) is 9.28. The van der Waals surface area contributed by atoms with Crippen LogP contribution in [0.5, 0.6) is 0 Å². The second kappa shape index (κ2) is 4.22. The standard InChI is InChI=1S/C11H17N3/c1-8(2)10-6-7-11(12-5)14(13-10)9(3)4/h6-8H,3H2,1-2,4-5H3. The van der Waals surface area contributed by atoms with E-state index < -0.39 is 0 Å². The van der Waals surface area contributed by atoms with E-state index in [4.69, 9.17) is 0 Å². The lowest BCUT2D eigenvalue weighted by Gasteiger charge is -2.09. The molecule has 0 bridgehead atoms. The summed E-state index contributed by atoms with van der Waals surface area (Å²) in [6.45, 7) is 10.0. The van der Waals surface area contributed by atoms with E-state index in [1.807, 2.05) is 19.1 Å². The topological polar surface area (TPSA) is 30.2 Å². The number of nitrogens with zero attached hydrogens (tertiary/aromatic N) is 3. The molecule has 0 fully saturated rings. The van der Waals surface area contributed by atoms with Gasteiger partial charge in [-0.05, 0) is 25.0 Å². The highest BCUT2D eigenvalue weighted by Crippen LogP contribution is 2.08. The van der Waals surface area contributed by atoms with Crippen LogP contribution in [0.2, 0.25) is 0 Å². The lowest BCUT2D eigenvalue weighted by molar-refractivity contribution is 0.710. The van der Waals surface area contributed by atoms with Gasteiger partial charge in [0.05, 0.1) is 5.69 Å². The molecule has 14 heavy (non-hydrogen) atoms. The summed E-state index contributed by atoms with van der Waals surface area (Å²) in [5.74, 6) is 0.423. The highest BCUT2D eigenvalue weighted by molar-refractivity contribution is 5.35. The molecule has 0 spiro atoms. The number of hydrogen-bond acceptors (Lipinski definition) is 2. The van der Waals surface area contributed by atoms with E-state index in [0.717, 1.165) is 16.9 Å². The average Bonchev–Trinajstić information content (AvgIpc) is 2.16. The smallest absolute Gasteiger partial charge is 0.148 e. The minimum absolute atomic E-state index is 0.423. The molecule has 0 radical (unpaired) electrons. The second-order valence-electron chi connectivity index (χ2n) is 3.64. The Morgan fingerprint density at radius 2 is 2.14 bits per heavy atom. The lowest BCUT2D eigenvalue weighted by Crippen LogP contribution is -2.22. The fraction of sp³-hybridized carbons (Fsp3) is 0.455. The summed E-state index contributed by atoms with van der Waals surface area (Å²) in [6, 6.07) is 3.98. The molecule has 1 rings (SSSR count). The van der Waals surface area contributed by atoms with Gasteiger partial charge in [-0.25, -0.2) is 4.68 Å². The third kappa shape index (κ3) is 2.10. The molecule has 76 valence electrons. The van der Waals surface area contributed by atoms with Gasteiger partial charge in [-0.1, -0.05) is 20.4 Å². The van der Waals surface area contributed by atoms with Crippen LogP contribution < -0.4 is 5.49 Å².